The highest BCUT2D eigenvalue weighted by molar-refractivity contribution is 5.84. The fourth-order valence-electron chi connectivity index (χ4n) is 1.79. The molecule has 1 aliphatic heterocycles. The quantitative estimate of drug-likeness (QED) is 0.659. The molecule has 0 fully saturated rings. The summed E-state index contributed by atoms with van der Waals surface area (Å²) in [7, 11) is 0. The van der Waals surface area contributed by atoms with Crippen LogP contribution in [0, 0.1) is 0 Å². The number of benzene rings is 1. The van der Waals surface area contributed by atoms with Crippen LogP contribution in [0.1, 0.15) is 23.2 Å². The molecule has 1 aromatic carbocycles. The lowest BCUT2D eigenvalue weighted by Gasteiger charge is -2.06. The Morgan fingerprint density at radius 1 is 1.00 bits per heavy atom. The Bertz CT molecular complexity index is 390. The first kappa shape index (κ1) is 9.67. The molecule has 1 aromatic rings. The lowest BCUT2D eigenvalue weighted by Crippen LogP contribution is -2.28. The average molecular weight is 207 g/mol. The molecule has 1 heterocycles. The molecule has 0 bridgehead atoms. The van der Waals surface area contributed by atoms with Crippen LogP contribution in [0.2, 0.25) is 0 Å². The average Bonchev–Trinajstić information content (AvgIpc) is 2.56. The van der Waals surface area contributed by atoms with Crippen molar-refractivity contribution in [2.45, 2.75) is 12.1 Å². The molecule has 1 aliphatic rings. The van der Waals surface area contributed by atoms with Crippen molar-refractivity contribution >= 4 is 11.9 Å². The van der Waals surface area contributed by atoms with Gasteiger partial charge in [0, 0.05) is 0 Å². The number of hydrogen-bond donors (Lipinski definition) is 3. The highest BCUT2D eigenvalue weighted by atomic mass is 16.4. The first-order chi connectivity index (χ1) is 7.11. The molecule has 78 valence electrons. The summed E-state index contributed by atoms with van der Waals surface area (Å²) in [6.45, 7) is 0. The van der Waals surface area contributed by atoms with Gasteiger partial charge in [-0.25, -0.2) is 0 Å². The minimum Gasteiger partial charge on any atom is -0.480 e. The van der Waals surface area contributed by atoms with Gasteiger partial charge in [-0.2, -0.15) is 0 Å². The van der Waals surface area contributed by atoms with E-state index >= 15 is 0 Å². The van der Waals surface area contributed by atoms with Crippen molar-refractivity contribution in [2.75, 3.05) is 0 Å². The summed E-state index contributed by atoms with van der Waals surface area (Å²) < 4.78 is 0. The first-order valence-electron chi connectivity index (χ1n) is 4.41. The van der Waals surface area contributed by atoms with Crippen LogP contribution in [0.3, 0.4) is 0 Å². The highest BCUT2D eigenvalue weighted by Gasteiger charge is 2.37. The molecule has 0 aromatic heterocycles. The summed E-state index contributed by atoms with van der Waals surface area (Å²) in [6, 6.07) is 4.79. The second-order valence-electron chi connectivity index (χ2n) is 3.34. The van der Waals surface area contributed by atoms with Gasteiger partial charge in [-0.05, 0) is 11.1 Å². The maximum absolute atomic E-state index is 10.9. The molecular formula is C10H9NO4. The molecule has 0 spiro atoms. The van der Waals surface area contributed by atoms with Crippen molar-refractivity contribution in [1.29, 1.82) is 0 Å². The molecule has 0 saturated carbocycles. The molecule has 0 saturated heterocycles. The molecule has 5 heteroatoms. The van der Waals surface area contributed by atoms with Crippen molar-refractivity contribution in [2.24, 2.45) is 0 Å². The van der Waals surface area contributed by atoms with Crippen molar-refractivity contribution in [3.63, 3.8) is 0 Å². The van der Waals surface area contributed by atoms with E-state index in [1.54, 1.807) is 24.3 Å². The van der Waals surface area contributed by atoms with Crippen LogP contribution < -0.4 is 5.32 Å². The summed E-state index contributed by atoms with van der Waals surface area (Å²) in [5.74, 6) is -2.13. The number of aliphatic carboxylic acids is 2. The van der Waals surface area contributed by atoms with Gasteiger partial charge in [0.2, 0.25) is 0 Å². The second-order valence-corrected chi connectivity index (χ2v) is 3.34. The number of rotatable bonds is 2. The van der Waals surface area contributed by atoms with E-state index in [0.29, 0.717) is 11.1 Å². The lowest BCUT2D eigenvalue weighted by atomic mass is 10.0. The van der Waals surface area contributed by atoms with Crippen LogP contribution in [0.25, 0.3) is 0 Å². The number of nitrogens with one attached hydrogen (secondary N) is 1. The van der Waals surface area contributed by atoms with Gasteiger partial charge >= 0.3 is 11.9 Å². The van der Waals surface area contributed by atoms with Crippen LogP contribution >= 0.6 is 0 Å². The molecule has 2 rings (SSSR count). The molecule has 2 atom stereocenters. The minimum atomic E-state index is -1.06. The lowest BCUT2D eigenvalue weighted by molar-refractivity contribution is -0.141. The van der Waals surface area contributed by atoms with E-state index in [1.165, 1.54) is 0 Å². The Morgan fingerprint density at radius 2 is 1.40 bits per heavy atom. The molecule has 2 unspecified atom stereocenters. The second kappa shape index (κ2) is 3.36. The maximum atomic E-state index is 10.9. The van der Waals surface area contributed by atoms with E-state index in [-0.39, 0.29) is 0 Å². The minimum absolute atomic E-state index is 0.525. The molecule has 3 N–H and O–H groups in total. The molecule has 15 heavy (non-hydrogen) atoms. The summed E-state index contributed by atoms with van der Waals surface area (Å²) in [5, 5.41) is 20.4. The zero-order chi connectivity index (χ0) is 11.0. The number of carbonyl (C=O) groups is 2. The number of hydrogen-bond acceptors (Lipinski definition) is 3. The standard InChI is InChI=1S/C10H9NO4/c12-9(13)7-5-3-1-2-4-6(5)8(11-7)10(14)15/h1-4,7-8,11H,(H,12,13)(H,14,15). The predicted octanol–water partition coefficient (Wildman–Crippen LogP) is 0.541. The Hall–Kier alpha value is -1.88. The summed E-state index contributed by atoms with van der Waals surface area (Å²) in [5.41, 5.74) is 1.05. The van der Waals surface area contributed by atoms with E-state index < -0.39 is 24.0 Å². The van der Waals surface area contributed by atoms with Gasteiger partial charge in [0.1, 0.15) is 12.1 Å². The van der Waals surface area contributed by atoms with Gasteiger partial charge in [0.05, 0.1) is 0 Å². The van der Waals surface area contributed by atoms with E-state index in [0.717, 1.165) is 0 Å². The first-order valence-corrected chi connectivity index (χ1v) is 4.41. The van der Waals surface area contributed by atoms with E-state index in [9.17, 15) is 9.59 Å². The molecule has 0 radical (unpaired) electrons. The molecule has 0 amide bonds. The zero-order valence-electron chi connectivity index (χ0n) is 7.68. The van der Waals surface area contributed by atoms with Gasteiger partial charge in [-0.3, -0.25) is 14.9 Å². The van der Waals surface area contributed by atoms with Crippen LogP contribution in [0.15, 0.2) is 24.3 Å². The SMILES string of the molecule is O=C(O)C1NC(C(=O)O)c2ccccc21. The van der Waals surface area contributed by atoms with Crippen LogP contribution in [-0.2, 0) is 9.59 Å². The molecule has 0 aliphatic carbocycles. The largest absolute Gasteiger partial charge is 0.480 e. The van der Waals surface area contributed by atoms with Crippen molar-refractivity contribution in [1.82, 2.24) is 5.32 Å². The topological polar surface area (TPSA) is 86.6 Å². The normalized spacial score (nSPS) is 23.5. The van der Waals surface area contributed by atoms with Crippen LogP contribution in [0.4, 0.5) is 0 Å². The van der Waals surface area contributed by atoms with E-state index in [4.69, 9.17) is 10.2 Å². The molecular weight excluding hydrogens is 198 g/mol. The Labute approximate surface area is 85.3 Å². The van der Waals surface area contributed by atoms with Gasteiger partial charge in [-0.1, -0.05) is 24.3 Å². The summed E-state index contributed by atoms with van der Waals surface area (Å²) in [4.78, 5) is 21.8. The third kappa shape index (κ3) is 1.46. The number of carboxylic acid groups (broad SMARTS) is 2. The molecule has 5 nitrogen and oxygen atoms in total. The van der Waals surface area contributed by atoms with Crippen molar-refractivity contribution in [3.05, 3.63) is 35.4 Å². The Kier molecular flexibility index (Phi) is 2.17. The van der Waals surface area contributed by atoms with E-state index in [2.05, 4.69) is 5.32 Å². The summed E-state index contributed by atoms with van der Waals surface area (Å²) in [6.07, 6.45) is 0. The fraction of sp³-hybridized carbons (Fsp3) is 0.200. The van der Waals surface area contributed by atoms with Crippen LogP contribution in [0.5, 0.6) is 0 Å². The third-order valence-corrected chi connectivity index (χ3v) is 2.45. The maximum Gasteiger partial charge on any atom is 0.325 e. The van der Waals surface area contributed by atoms with Gasteiger partial charge in [0.15, 0.2) is 0 Å². The number of carboxylic acids is 2. The Morgan fingerprint density at radius 3 is 1.73 bits per heavy atom. The van der Waals surface area contributed by atoms with Crippen molar-refractivity contribution < 1.29 is 19.8 Å². The number of fused-ring (bicyclic) bond motifs is 1. The summed E-state index contributed by atoms with van der Waals surface area (Å²) >= 11 is 0. The smallest absolute Gasteiger partial charge is 0.325 e. The monoisotopic (exact) mass is 207 g/mol. The fourth-order valence-corrected chi connectivity index (χ4v) is 1.79. The van der Waals surface area contributed by atoms with Gasteiger partial charge in [-0.15, -0.1) is 0 Å². The van der Waals surface area contributed by atoms with Crippen LogP contribution in [-0.4, -0.2) is 22.2 Å². The van der Waals surface area contributed by atoms with E-state index in [1.807, 2.05) is 0 Å². The Balaban J connectivity index is 2.48. The zero-order valence-corrected chi connectivity index (χ0v) is 7.68. The van der Waals surface area contributed by atoms with Gasteiger partial charge < -0.3 is 10.2 Å². The van der Waals surface area contributed by atoms with Gasteiger partial charge in [0.25, 0.3) is 0 Å². The third-order valence-electron chi connectivity index (χ3n) is 2.45. The van der Waals surface area contributed by atoms with Crippen molar-refractivity contribution in [3.8, 4) is 0 Å². The highest BCUT2D eigenvalue weighted by Crippen LogP contribution is 2.32. The predicted molar refractivity (Wildman–Crippen MR) is 50.3 cm³/mol.